The second-order valence-electron chi connectivity index (χ2n) is 7.50. The first kappa shape index (κ1) is 16.5. The Bertz CT molecular complexity index is 590. The summed E-state index contributed by atoms with van der Waals surface area (Å²) in [4.78, 5) is 12.8. The molecule has 1 saturated carbocycles. The molecule has 1 aromatic carbocycles. The zero-order chi connectivity index (χ0) is 16.6. The first-order valence-corrected chi connectivity index (χ1v) is 8.69. The van der Waals surface area contributed by atoms with Crippen LogP contribution in [0.1, 0.15) is 45.6 Å². The number of carbonyl (C=O) groups excluding carboxylic acids is 1. The largest absolute Gasteiger partial charge is 0.491 e. The lowest BCUT2D eigenvalue weighted by molar-refractivity contribution is -0.123. The Kier molecular flexibility index (Phi) is 4.78. The van der Waals surface area contributed by atoms with Crippen LogP contribution in [0.4, 0.5) is 5.69 Å². The van der Waals surface area contributed by atoms with Crippen molar-refractivity contribution in [3.05, 3.63) is 23.8 Å². The standard InChI is InChI=1S/C18H26BNO3/c1-11(2)15-7-4-12(3)8-16(15)18(21)20-14-6-5-13-10-23-19(22)17(13)9-14/h5-6,9,11-12,15-16,22H,4,7-8,10H2,1-3H3,(H,20,21)/t12-,15+,16-/m1/s1. The van der Waals surface area contributed by atoms with Gasteiger partial charge in [0.1, 0.15) is 0 Å². The molecule has 0 aromatic heterocycles. The van der Waals surface area contributed by atoms with Crippen molar-refractivity contribution >= 4 is 24.2 Å². The summed E-state index contributed by atoms with van der Waals surface area (Å²) >= 11 is 0. The Morgan fingerprint density at radius 2 is 2.17 bits per heavy atom. The maximum Gasteiger partial charge on any atom is 0.491 e. The molecule has 1 heterocycles. The van der Waals surface area contributed by atoms with Crippen molar-refractivity contribution in [3.8, 4) is 0 Å². The van der Waals surface area contributed by atoms with E-state index in [9.17, 15) is 9.82 Å². The van der Waals surface area contributed by atoms with Crippen molar-refractivity contribution in [1.82, 2.24) is 0 Å². The predicted octanol–water partition coefficient (Wildman–Crippen LogP) is 2.55. The quantitative estimate of drug-likeness (QED) is 0.843. The maximum atomic E-state index is 12.8. The number of hydrogen-bond acceptors (Lipinski definition) is 3. The van der Waals surface area contributed by atoms with Gasteiger partial charge in [-0.05, 0) is 53.8 Å². The molecule has 3 atom stereocenters. The zero-order valence-electron chi connectivity index (χ0n) is 14.2. The Morgan fingerprint density at radius 3 is 2.91 bits per heavy atom. The summed E-state index contributed by atoms with van der Waals surface area (Å²) in [7, 11) is -0.875. The van der Waals surface area contributed by atoms with E-state index >= 15 is 0 Å². The number of rotatable bonds is 3. The minimum absolute atomic E-state index is 0.0770. The lowest BCUT2D eigenvalue weighted by atomic mass is 9.69. The molecule has 1 aliphatic heterocycles. The SMILES string of the molecule is CC(C)[C@@H]1CC[C@@H](C)C[C@H]1C(=O)Nc1ccc2c(c1)B(O)OC2. The van der Waals surface area contributed by atoms with Crippen molar-refractivity contribution in [2.24, 2.45) is 23.7 Å². The fourth-order valence-corrected chi connectivity index (χ4v) is 4.03. The number of benzene rings is 1. The molecule has 0 saturated heterocycles. The van der Waals surface area contributed by atoms with E-state index in [-0.39, 0.29) is 11.8 Å². The number of fused-ring (bicyclic) bond motifs is 1. The zero-order valence-corrected chi connectivity index (χ0v) is 14.2. The molecule has 3 rings (SSSR count). The second kappa shape index (κ2) is 6.66. The highest BCUT2D eigenvalue weighted by Gasteiger charge is 2.35. The smallest absolute Gasteiger partial charge is 0.423 e. The van der Waals surface area contributed by atoms with Crippen LogP contribution in [0, 0.1) is 23.7 Å². The molecule has 1 aliphatic carbocycles. The van der Waals surface area contributed by atoms with E-state index in [0.717, 1.165) is 29.6 Å². The van der Waals surface area contributed by atoms with Crippen LogP contribution in [-0.2, 0) is 16.1 Å². The normalized spacial score (nSPS) is 27.2. The Morgan fingerprint density at radius 1 is 1.39 bits per heavy atom. The van der Waals surface area contributed by atoms with E-state index in [0.29, 0.717) is 24.4 Å². The van der Waals surface area contributed by atoms with Crippen LogP contribution in [0.25, 0.3) is 0 Å². The molecule has 124 valence electrons. The molecule has 2 aliphatic rings. The van der Waals surface area contributed by atoms with E-state index < -0.39 is 7.12 Å². The van der Waals surface area contributed by atoms with Crippen molar-refractivity contribution < 1.29 is 14.5 Å². The van der Waals surface area contributed by atoms with Crippen molar-refractivity contribution in [2.45, 2.75) is 46.6 Å². The van der Waals surface area contributed by atoms with Gasteiger partial charge in [0.15, 0.2) is 0 Å². The van der Waals surface area contributed by atoms with Gasteiger partial charge in [-0.25, -0.2) is 0 Å². The van der Waals surface area contributed by atoms with Gasteiger partial charge in [0.25, 0.3) is 0 Å². The molecule has 4 nitrogen and oxygen atoms in total. The van der Waals surface area contributed by atoms with Crippen molar-refractivity contribution in [2.75, 3.05) is 5.32 Å². The van der Waals surface area contributed by atoms with Crippen LogP contribution in [0.15, 0.2) is 18.2 Å². The summed E-state index contributed by atoms with van der Waals surface area (Å²) in [6, 6.07) is 5.65. The summed E-state index contributed by atoms with van der Waals surface area (Å²) in [5.41, 5.74) is 2.50. The molecule has 2 N–H and O–H groups in total. The number of nitrogens with one attached hydrogen (secondary N) is 1. The average Bonchev–Trinajstić information content (AvgIpc) is 2.88. The Hall–Kier alpha value is -1.33. The average molecular weight is 315 g/mol. The lowest BCUT2D eigenvalue weighted by Gasteiger charge is -2.36. The molecule has 1 fully saturated rings. The Balaban J connectivity index is 1.74. The fourth-order valence-electron chi connectivity index (χ4n) is 4.03. The summed E-state index contributed by atoms with van der Waals surface area (Å²) < 4.78 is 5.20. The van der Waals surface area contributed by atoms with Crippen LogP contribution in [0.3, 0.4) is 0 Å². The topological polar surface area (TPSA) is 58.6 Å². The molecular formula is C18H26BNO3. The highest BCUT2D eigenvalue weighted by Crippen LogP contribution is 2.38. The third-order valence-electron chi connectivity index (χ3n) is 5.44. The van der Waals surface area contributed by atoms with Gasteiger partial charge in [-0.15, -0.1) is 0 Å². The first-order valence-electron chi connectivity index (χ1n) is 8.69. The third-order valence-corrected chi connectivity index (χ3v) is 5.44. The van der Waals surface area contributed by atoms with E-state index in [4.69, 9.17) is 4.65 Å². The highest BCUT2D eigenvalue weighted by molar-refractivity contribution is 6.61. The van der Waals surface area contributed by atoms with Gasteiger partial charge < -0.3 is 15.0 Å². The van der Waals surface area contributed by atoms with Gasteiger partial charge in [-0.1, -0.05) is 33.3 Å². The molecule has 5 heteroatoms. The van der Waals surface area contributed by atoms with Gasteiger partial charge >= 0.3 is 7.12 Å². The number of carbonyl (C=O) groups is 1. The molecule has 0 unspecified atom stereocenters. The van der Waals surface area contributed by atoms with Crippen LogP contribution < -0.4 is 10.8 Å². The molecule has 0 radical (unpaired) electrons. The molecule has 23 heavy (non-hydrogen) atoms. The highest BCUT2D eigenvalue weighted by atomic mass is 16.5. The summed E-state index contributed by atoms with van der Waals surface area (Å²) in [6.45, 7) is 7.09. The summed E-state index contributed by atoms with van der Waals surface area (Å²) in [5, 5.41) is 12.9. The van der Waals surface area contributed by atoms with Crippen molar-refractivity contribution in [1.29, 1.82) is 0 Å². The van der Waals surface area contributed by atoms with Crippen LogP contribution in [0.2, 0.25) is 0 Å². The van der Waals surface area contributed by atoms with E-state index in [1.807, 2.05) is 18.2 Å². The van der Waals surface area contributed by atoms with Crippen LogP contribution >= 0.6 is 0 Å². The minimum atomic E-state index is -0.875. The van der Waals surface area contributed by atoms with E-state index in [1.165, 1.54) is 6.42 Å². The summed E-state index contributed by atoms with van der Waals surface area (Å²) in [6.07, 6.45) is 3.31. The van der Waals surface area contributed by atoms with Gasteiger partial charge in [-0.3, -0.25) is 4.79 Å². The second-order valence-corrected chi connectivity index (χ2v) is 7.50. The minimum Gasteiger partial charge on any atom is -0.423 e. The van der Waals surface area contributed by atoms with Gasteiger partial charge in [0, 0.05) is 11.6 Å². The van der Waals surface area contributed by atoms with E-state index in [1.54, 1.807) is 0 Å². The van der Waals surface area contributed by atoms with E-state index in [2.05, 4.69) is 26.1 Å². The molecule has 1 aromatic rings. The van der Waals surface area contributed by atoms with Crippen LogP contribution in [-0.4, -0.2) is 18.0 Å². The number of anilines is 1. The predicted molar refractivity (Wildman–Crippen MR) is 92.3 cm³/mol. The van der Waals surface area contributed by atoms with Crippen LogP contribution in [0.5, 0.6) is 0 Å². The summed E-state index contributed by atoms with van der Waals surface area (Å²) in [5.74, 6) is 1.77. The maximum absolute atomic E-state index is 12.8. The first-order chi connectivity index (χ1) is 11.0. The number of amides is 1. The Labute approximate surface area is 138 Å². The third kappa shape index (κ3) is 3.46. The number of hydrogen-bond donors (Lipinski definition) is 2. The molecule has 1 amide bonds. The molecule has 0 spiro atoms. The van der Waals surface area contributed by atoms with Gasteiger partial charge in [0.05, 0.1) is 6.61 Å². The van der Waals surface area contributed by atoms with Gasteiger partial charge in [-0.2, -0.15) is 0 Å². The molecular weight excluding hydrogens is 289 g/mol. The molecule has 0 bridgehead atoms. The monoisotopic (exact) mass is 315 g/mol. The lowest BCUT2D eigenvalue weighted by Crippen LogP contribution is -2.37. The van der Waals surface area contributed by atoms with Crippen molar-refractivity contribution in [3.63, 3.8) is 0 Å². The van der Waals surface area contributed by atoms with Gasteiger partial charge in [0.2, 0.25) is 5.91 Å². The fraction of sp³-hybridized carbons (Fsp3) is 0.611.